The summed E-state index contributed by atoms with van der Waals surface area (Å²) in [5.74, 6) is 0.848. The van der Waals surface area contributed by atoms with Crippen LogP contribution < -0.4 is 14.3 Å². The number of methoxy groups -OCH3 is 2. The first kappa shape index (κ1) is 24.4. The number of benzene rings is 2. The number of rotatable bonds is 6. The lowest BCUT2D eigenvalue weighted by Crippen LogP contribution is -2.40. The Labute approximate surface area is 203 Å². The van der Waals surface area contributed by atoms with E-state index in [1.807, 2.05) is 30.5 Å². The summed E-state index contributed by atoms with van der Waals surface area (Å²) in [5, 5.41) is 0. The fraction of sp³-hybridized carbons (Fsp3) is 0.417. The molecule has 1 aromatic heterocycles. The van der Waals surface area contributed by atoms with Crippen molar-refractivity contribution < 1.29 is 22.7 Å². The highest BCUT2D eigenvalue weighted by molar-refractivity contribution is 7.89. The van der Waals surface area contributed by atoms with Crippen molar-refractivity contribution in [3.63, 3.8) is 0 Å². The predicted octanol–water partition coefficient (Wildman–Crippen LogP) is 3.58. The summed E-state index contributed by atoms with van der Waals surface area (Å²) >= 11 is 1.48. The third-order valence-electron chi connectivity index (χ3n) is 6.23. The molecule has 0 N–H and O–H groups in total. The molecule has 10 heteroatoms. The monoisotopic (exact) mass is 503 g/mol. The first-order valence-corrected chi connectivity index (χ1v) is 13.5. The van der Waals surface area contributed by atoms with Gasteiger partial charge in [-0.05, 0) is 62.6 Å². The number of hydrogen-bond donors (Lipinski definition) is 0. The SMILES string of the molecule is CCn1c(=NC(=O)C2CCN(S(=O)(=O)c3ccc(OC)cc3)CC2)sc2c(C)ccc(OC)c21. The van der Waals surface area contributed by atoms with E-state index in [4.69, 9.17) is 9.47 Å². The van der Waals surface area contributed by atoms with E-state index in [0.717, 1.165) is 21.5 Å². The number of amides is 1. The third-order valence-corrected chi connectivity index (χ3v) is 9.35. The van der Waals surface area contributed by atoms with Gasteiger partial charge < -0.3 is 14.0 Å². The maximum Gasteiger partial charge on any atom is 0.251 e. The zero-order valence-corrected chi connectivity index (χ0v) is 21.4. The molecule has 0 bridgehead atoms. The summed E-state index contributed by atoms with van der Waals surface area (Å²) in [4.78, 5) is 18.4. The predicted molar refractivity (Wildman–Crippen MR) is 132 cm³/mol. The molecule has 34 heavy (non-hydrogen) atoms. The molecule has 1 aliphatic rings. The number of carbonyl (C=O) groups is 1. The van der Waals surface area contributed by atoms with Gasteiger partial charge in [0.25, 0.3) is 5.91 Å². The van der Waals surface area contributed by atoms with Crippen LogP contribution in [0.25, 0.3) is 10.2 Å². The summed E-state index contributed by atoms with van der Waals surface area (Å²) in [6.07, 6.45) is 0.883. The van der Waals surface area contributed by atoms with Crippen molar-refractivity contribution in [2.75, 3.05) is 27.3 Å². The van der Waals surface area contributed by atoms with Gasteiger partial charge in [0.2, 0.25) is 10.0 Å². The highest BCUT2D eigenvalue weighted by Gasteiger charge is 2.32. The van der Waals surface area contributed by atoms with Crippen molar-refractivity contribution >= 4 is 37.5 Å². The van der Waals surface area contributed by atoms with Gasteiger partial charge >= 0.3 is 0 Å². The first-order valence-electron chi connectivity index (χ1n) is 11.2. The molecule has 0 atom stereocenters. The van der Waals surface area contributed by atoms with Gasteiger partial charge in [0.15, 0.2) is 4.80 Å². The lowest BCUT2D eigenvalue weighted by molar-refractivity contribution is -0.122. The zero-order chi connectivity index (χ0) is 24.5. The molecule has 8 nitrogen and oxygen atoms in total. The molecule has 1 fully saturated rings. The van der Waals surface area contributed by atoms with Gasteiger partial charge in [-0.1, -0.05) is 17.4 Å². The van der Waals surface area contributed by atoms with Crippen LogP contribution in [0.5, 0.6) is 11.5 Å². The summed E-state index contributed by atoms with van der Waals surface area (Å²) in [6.45, 7) is 5.27. The van der Waals surface area contributed by atoms with E-state index in [2.05, 4.69) is 4.99 Å². The average molecular weight is 504 g/mol. The molecule has 0 radical (unpaired) electrons. The highest BCUT2D eigenvalue weighted by Crippen LogP contribution is 2.31. The van der Waals surface area contributed by atoms with Gasteiger partial charge in [-0.25, -0.2) is 8.42 Å². The number of thiazole rings is 1. The van der Waals surface area contributed by atoms with Crippen LogP contribution in [0.3, 0.4) is 0 Å². The Bertz CT molecular complexity index is 1370. The van der Waals surface area contributed by atoms with E-state index >= 15 is 0 Å². The molecule has 1 aliphatic heterocycles. The van der Waals surface area contributed by atoms with Gasteiger partial charge in [-0.2, -0.15) is 9.30 Å². The number of carbonyl (C=O) groups excluding carboxylic acids is 1. The standard InChI is InChI=1S/C24H29N3O5S2/c1-5-27-21-20(32-4)11-6-16(2)22(21)33-24(27)25-23(28)17-12-14-26(15-13-17)34(29,30)19-9-7-18(31-3)8-10-19/h6-11,17H,5,12-15H2,1-4H3. The minimum atomic E-state index is -3.62. The van der Waals surface area contributed by atoms with Crippen LogP contribution in [-0.2, 0) is 21.4 Å². The van der Waals surface area contributed by atoms with Gasteiger partial charge in [-0.3, -0.25) is 4.79 Å². The minimum Gasteiger partial charge on any atom is -0.497 e. The molecular weight excluding hydrogens is 474 g/mol. The Morgan fingerprint density at radius 2 is 1.76 bits per heavy atom. The van der Waals surface area contributed by atoms with Crippen LogP contribution in [-0.4, -0.2) is 50.5 Å². The fourth-order valence-electron chi connectivity index (χ4n) is 4.25. The molecule has 0 aliphatic carbocycles. The Hall–Kier alpha value is -2.69. The number of nitrogens with zero attached hydrogens (tertiary/aromatic N) is 3. The minimum absolute atomic E-state index is 0.202. The molecule has 0 spiro atoms. The zero-order valence-electron chi connectivity index (χ0n) is 19.8. The maximum atomic E-state index is 13.1. The molecule has 1 saturated heterocycles. The number of piperidine rings is 1. The quantitative estimate of drug-likeness (QED) is 0.513. The lowest BCUT2D eigenvalue weighted by atomic mass is 9.98. The van der Waals surface area contributed by atoms with Crippen molar-refractivity contribution in [3.8, 4) is 11.5 Å². The summed E-state index contributed by atoms with van der Waals surface area (Å²) in [7, 11) is -0.443. The second-order valence-electron chi connectivity index (χ2n) is 8.20. The van der Waals surface area contributed by atoms with Crippen molar-refractivity contribution in [1.82, 2.24) is 8.87 Å². The second kappa shape index (κ2) is 9.89. The normalized spacial score (nSPS) is 16.2. The van der Waals surface area contributed by atoms with E-state index in [9.17, 15) is 13.2 Å². The smallest absolute Gasteiger partial charge is 0.251 e. The fourth-order valence-corrected chi connectivity index (χ4v) is 6.90. The van der Waals surface area contributed by atoms with E-state index in [1.54, 1.807) is 31.4 Å². The van der Waals surface area contributed by atoms with Crippen LogP contribution in [0.2, 0.25) is 0 Å². The largest absolute Gasteiger partial charge is 0.497 e. The molecule has 1 amide bonds. The molecular formula is C24H29N3O5S2. The number of aromatic nitrogens is 1. The number of aryl methyl sites for hydroxylation is 2. The number of hydrogen-bond acceptors (Lipinski definition) is 6. The van der Waals surface area contributed by atoms with E-state index < -0.39 is 10.0 Å². The van der Waals surface area contributed by atoms with Crippen LogP contribution in [0, 0.1) is 12.8 Å². The van der Waals surface area contributed by atoms with E-state index in [0.29, 0.717) is 29.9 Å². The van der Waals surface area contributed by atoms with Crippen molar-refractivity contribution in [2.24, 2.45) is 10.9 Å². The Morgan fingerprint density at radius 1 is 1.09 bits per heavy atom. The highest BCUT2D eigenvalue weighted by atomic mass is 32.2. The van der Waals surface area contributed by atoms with E-state index in [-0.39, 0.29) is 29.8 Å². The summed E-state index contributed by atoms with van der Waals surface area (Å²) in [5.41, 5.74) is 2.05. The van der Waals surface area contributed by atoms with E-state index in [1.165, 1.54) is 22.8 Å². The molecule has 4 rings (SSSR count). The molecule has 2 aromatic carbocycles. The Balaban J connectivity index is 1.54. The van der Waals surface area contributed by atoms with Crippen LogP contribution >= 0.6 is 11.3 Å². The second-order valence-corrected chi connectivity index (χ2v) is 11.1. The number of ether oxygens (including phenoxy) is 2. The maximum absolute atomic E-state index is 13.1. The lowest BCUT2D eigenvalue weighted by Gasteiger charge is -2.29. The van der Waals surface area contributed by atoms with Crippen molar-refractivity contribution in [1.29, 1.82) is 0 Å². The molecule has 0 unspecified atom stereocenters. The molecule has 3 aromatic rings. The average Bonchev–Trinajstić information content (AvgIpc) is 3.23. The first-order chi connectivity index (χ1) is 16.3. The Morgan fingerprint density at radius 3 is 2.35 bits per heavy atom. The van der Waals surface area contributed by atoms with Gasteiger partial charge in [0.1, 0.15) is 17.0 Å². The van der Waals surface area contributed by atoms with Gasteiger partial charge in [-0.15, -0.1) is 0 Å². The number of fused-ring (bicyclic) bond motifs is 1. The third kappa shape index (κ3) is 4.49. The topological polar surface area (TPSA) is 90.2 Å². The number of sulfonamides is 1. The van der Waals surface area contributed by atoms with Crippen molar-refractivity contribution in [3.05, 3.63) is 46.8 Å². The Kier molecular flexibility index (Phi) is 7.11. The van der Waals surface area contributed by atoms with Crippen LogP contribution in [0.4, 0.5) is 0 Å². The molecule has 182 valence electrons. The van der Waals surface area contributed by atoms with Crippen LogP contribution in [0.1, 0.15) is 25.3 Å². The molecule has 2 heterocycles. The van der Waals surface area contributed by atoms with Gasteiger partial charge in [0.05, 0.1) is 23.8 Å². The van der Waals surface area contributed by atoms with Crippen molar-refractivity contribution in [2.45, 2.75) is 38.1 Å². The summed E-state index contributed by atoms with van der Waals surface area (Å²) in [6, 6.07) is 10.3. The molecule has 0 saturated carbocycles. The van der Waals surface area contributed by atoms with Crippen LogP contribution in [0.15, 0.2) is 46.3 Å². The van der Waals surface area contributed by atoms with Gasteiger partial charge in [0, 0.05) is 25.6 Å². The summed E-state index contributed by atoms with van der Waals surface area (Å²) < 4.78 is 41.1.